The molecule has 0 saturated carbocycles. The summed E-state index contributed by atoms with van der Waals surface area (Å²) in [7, 11) is 0. The van der Waals surface area contributed by atoms with Crippen LogP contribution in [0.15, 0.2) is 33.9 Å². The van der Waals surface area contributed by atoms with Gasteiger partial charge in [0, 0.05) is 11.9 Å². The smallest absolute Gasteiger partial charge is 0.293 e. The van der Waals surface area contributed by atoms with Crippen molar-refractivity contribution in [2.24, 2.45) is 0 Å². The highest BCUT2D eigenvalue weighted by atomic mass is 79.9. The highest BCUT2D eigenvalue weighted by Gasteiger charge is 2.05. The Kier molecular flexibility index (Phi) is 3.24. The largest absolute Gasteiger partial charge is 0.328 e. The predicted molar refractivity (Wildman–Crippen MR) is 67.2 cm³/mol. The molecule has 0 aliphatic rings. The summed E-state index contributed by atoms with van der Waals surface area (Å²) >= 11 is 3.32. The van der Waals surface area contributed by atoms with E-state index in [-0.39, 0.29) is 11.2 Å². The second kappa shape index (κ2) is 4.65. The lowest BCUT2D eigenvalue weighted by atomic mass is 10.2. The van der Waals surface area contributed by atoms with Crippen molar-refractivity contribution in [3.05, 3.63) is 45.1 Å². The van der Waals surface area contributed by atoms with E-state index >= 15 is 0 Å². The Morgan fingerprint density at radius 3 is 2.75 bits per heavy atom. The minimum atomic E-state index is -0.343. The third-order valence-electron chi connectivity index (χ3n) is 2.42. The van der Waals surface area contributed by atoms with E-state index in [2.05, 4.69) is 20.9 Å². The normalized spacial score (nSPS) is 10.8. The van der Waals surface area contributed by atoms with Crippen LogP contribution >= 0.6 is 15.9 Å². The molecule has 0 radical (unpaired) electrons. The standard InChI is InChI=1S/C11H11BrN2O2/c12-6-3-7-14-9-5-2-1-4-8(9)10(15)13-11(14)16/h1-2,4-5H,3,6-7H2,(H,13,15,16). The number of halogens is 1. The van der Waals surface area contributed by atoms with Gasteiger partial charge < -0.3 is 0 Å². The first-order valence-electron chi connectivity index (χ1n) is 5.02. The quantitative estimate of drug-likeness (QED) is 0.867. The monoisotopic (exact) mass is 282 g/mol. The number of nitrogens with zero attached hydrogens (tertiary/aromatic N) is 1. The first-order valence-corrected chi connectivity index (χ1v) is 6.14. The minimum absolute atomic E-state index is 0.323. The van der Waals surface area contributed by atoms with Crippen molar-refractivity contribution in [2.75, 3.05) is 5.33 Å². The average molecular weight is 283 g/mol. The van der Waals surface area contributed by atoms with Crippen molar-refractivity contribution in [3.8, 4) is 0 Å². The van der Waals surface area contributed by atoms with Gasteiger partial charge in [-0.1, -0.05) is 28.1 Å². The maximum Gasteiger partial charge on any atom is 0.328 e. The zero-order valence-corrected chi connectivity index (χ0v) is 10.2. The lowest BCUT2D eigenvalue weighted by Crippen LogP contribution is -2.30. The molecule has 0 bridgehead atoms. The van der Waals surface area contributed by atoms with Gasteiger partial charge in [0.2, 0.25) is 0 Å². The van der Waals surface area contributed by atoms with E-state index in [1.165, 1.54) is 0 Å². The molecule has 0 unspecified atom stereocenters. The number of alkyl halides is 1. The minimum Gasteiger partial charge on any atom is -0.293 e. The third kappa shape index (κ3) is 1.95. The maximum absolute atomic E-state index is 11.7. The molecule has 0 amide bonds. The van der Waals surface area contributed by atoms with Gasteiger partial charge in [0.1, 0.15) is 0 Å². The Balaban J connectivity index is 2.72. The zero-order chi connectivity index (χ0) is 11.5. The first kappa shape index (κ1) is 11.1. The van der Waals surface area contributed by atoms with Gasteiger partial charge >= 0.3 is 5.69 Å². The summed E-state index contributed by atoms with van der Waals surface area (Å²) < 4.78 is 1.60. The molecule has 2 aromatic rings. The second-order valence-electron chi connectivity index (χ2n) is 3.47. The lowest BCUT2D eigenvalue weighted by Gasteiger charge is -2.07. The Morgan fingerprint density at radius 2 is 2.00 bits per heavy atom. The Hall–Kier alpha value is -1.36. The third-order valence-corrected chi connectivity index (χ3v) is 2.98. The number of aryl methyl sites for hydroxylation is 1. The summed E-state index contributed by atoms with van der Waals surface area (Å²) in [5.41, 5.74) is 0.0255. The van der Waals surface area contributed by atoms with Crippen LogP contribution in [-0.4, -0.2) is 14.9 Å². The van der Waals surface area contributed by atoms with Crippen LogP contribution in [0.5, 0.6) is 0 Å². The van der Waals surface area contributed by atoms with E-state index in [1.54, 1.807) is 22.8 Å². The molecule has 0 saturated heterocycles. The zero-order valence-electron chi connectivity index (χ0n) is 8.57. The van der Waals surface area contributed by atoms with Crippen LogP contribution in [-0.2, 0) is 6.54 Å². The number of nitrogens with one attached hydrogen (secondary N) is 1. The topological polar surface area (TPSA) is 54.9 Å². The number of para-hydroxylation sites is 1. The fourth-order valence-electron chi connectivity index (χ4n) is 1.68. The molecule has 0 aliphatic carbocycles. The van der Waals surface area contributed by atoms with Gasteiger partial charge in [-0.25, -0.2) is 4.79 Å². The van der Waals surface area contributed by atoms with Crippen LogP contribution in [0, 0.1) is 0 Å². The number of aromatic nitrogens is 2. The van der Waals surface area contributed by atoms with E-state index in [9.17, 15) is 9.59 Å². The number of H-pyrrole nitrogens is 1. The highest BCUT2D eigenvalue weighted by molar-refractivity contribution is 9.09. The van der Waals surface area contributed by atoms with Crippen LogP contribution in [0.4, 0.5) is 0 Å². The Bertz CT molecular complexity index is 615. The summed E-state index contributed by atoms with van der Waals surface area (Å²) in [6.45, 7) is 0.599. The average Bonchev–Trinajstić information content (AvgIpc) is 2.29. The van der Waals surface area contributed by atoms with Crippen LogP contribution in [0.3, 0.4) is 0 Å². The molecule has 16 heavy (non-hydrogen) atoms. The van der Waals surface area contributed by atoms with E-state index < -0.39 is 0 Å². The molecule has 1 N–H and O–H groups in total. The predicted octanol–water partition coefficient (Wildman–Crippen LogP) is 1.47. The van der Waals surface area contributed by atoms with Crippen LogP contribution in [0.25, 0.3) is 10.9 Å². The van der Waals surface area contributed by atoms with Crippen molar-refractivity contribution in [1.82, 2.24) is 9.55 Å². The molecule has 0 atom stereocenters. The van der Waals surface area contributed by atoms with Gasteiger partial charge in [0.05, 0.1) is 10.9 Å². The SMILES string of the molecule is O=c1[nH]c(=O)n(CCCBr)c2ccccc12. The number of hydrogen-bond acceptors (Lipinski definition) is 2. The number of hydrogen-bond donors (Lipinski definition) is 1. The van der Waals surface area contributed by atoms with Crippen molar-refractivity contribution in [2.45, 2.75) is 13.0 Å². The van der Waals surface area contributed by atoms with Crippen LogP contribution in [0.2, 0.25) is 0 Å². The van der Waals surface area contributed by atoms with Gasteiger partial charge in [-0.05, 0) is 18.6 Å². The van der Waals surface area contributed by atoms with Gasteiger partial charge in [0.25, 0.3) is 5.56 Å². The molecule has 1 aromatic heterocycles. The lowest BCUT2D eigenvalue weighted by molar-refractivity contribution is 0.664. The van der Waals surface area contributed by atoms with Gasteiger partial charge in [-0.2, -0.15) is 0 Å². The number of benzene rings is 1. The number of fused-ring (bicyclic) bond motifs is 1. The fraction of sp³-hybridized carbons (Fsp3) is 0.273. The van der Waals surface area contributed by atoms with Crippen LogP contribution < -0.4 is 11.2 Å². The molecule has 0 fully saturated rings. The van der Waals surface area contributed by atoms with E-state index in [0.29, 0.717) is 17.4 Å². The maximum atomic E-state index is 11.7. The number of aromatic amines is 1. The van der Waals surface area contributed by atoms with Crippen molar-refractivity contribution >= 4 is 26.8 Å². The Morgan fingerprint density at radius 1 is 1.25 bits per heavy atom. The summed E-state index contributed by atoms with van der Waals surface area (Å²) in [6.07, 6.45) is 0.843. The summed E-state index contributed by atoms with van der Waals surface area (Å²) in [5, 5.41) is 1.38. The second-order valence-corrected chi connectivity index (χ2v) is 4.26. The van der Waals surface area contributed by atoms with Gasteiger partial charge in [-0.15, -0.1) is 0 Å². The first-order chi connectivity index (χ1) is 7.74. The van der Waals surface area contributed by atoms with Gasteiger partial charge in [-0.3, -0.25) is 14.3 Å². The number of rotatable bonds is 3. The summed E-state index contributed by atoms with van der Waals surface area (Å²) in [4.78, 5) is 25.5. The van der Waals surface area contributed by atoms with Crippen LogP contribution in [0.1, 0.15) is 6.42 Å². The molecule has 1 heterocycles. The molecule has 84 valence electrons. The molecule has 1 aromatic carbocycles. The van der Waals surface area contributed by atoms with E-state index in [0.717, 1.165) is 11.8 Å². The fourth-order valence-corrected chi connectivity index (χ4v) is 1.93. The van der Waals surface area contributed by atoms with Crippen molar-refractivity contribution in [3.63, 3.8) is 0 Å². The Labute approximate surface area is 100 Å². The molecule has 0 aliphatic heterocycles. The molecule has 2 rings (SSSR count). The summed E-state index contributed by atoms with van der Waals surface area (Å²) in [6, 6.07) is 7.13. The van der Waals surface area contributed by atoms with Gasteiger partial charge in [0.15, 0.2) is 0 Å². The molecular formula is C11H11BrN2O2. The molecule has 5 heteroatoms. The molecule has 4 nitrogen and oxygen atoms in total. The molecule has 0 spiro atoms. The molecular weight excluding hydrogens is 272 g/mol. The van der Waals surface area contributed by atoms with E-state index in [1.807, 2.05) is 6.07 Å². The summed E-state index contributed by atoms with van der Waals surface area (Å²) in [5.74, 6) is 0. The van der Waals surface area contributed by atoms with Crippen molar-refractivity contribution < 1.29 is 0 Å². The highest BCUT2D eigenvalue weighted by Crippen LogP contribution is 2.07. The van der Waals surface area contributed by atoms with Crippen molar-refractivity contribution in [1.29, 1.82) is 0 Å². The van der Waals surface area contributed by atoms with E-state index in [4.69, 9.17) is 0 Å².